The van der Waals surface area contributed by atoms with E-state index in [2.05, 4.69) is 41.4 Å². The average molecular weight is 470 g/mol. The summed E-state index contributed by atoms with van der Waals surface area (Å²) in [6.45, 7) is 7.15. The lowest BCUT2D eigenvalue weighted by atomic mass is 9.97. The number of hydrogen-bond acceptors (Lipinski definition) is 4. The summed E-state index contributed by atoms with van der Waals surface area (Å²) in [4.78, 5) is 15.7. The summed E-state index contributed by atoms with van der Waals surface area (Å²) in [6, 6.07) is 16.8. The highest BCUT2D eigenvalue weighted by molar-refractivity contribution is 7.89. The van der Waals surface area contributed by atoms with Gasteiger partial charge in [-0.3, -0.25) is 4.79 Å². The quantitative estimate of drug-likeness (QED) is 0.688. The molecule has 2 aliphatic rings. The fourth-order valence-electron chi connectivity index (χ4n) is 4.93. The van der Waals surface area contributed by atoms with Crippen LogP contribution in [-0.2, 0) is 14.8 Å². The third-order valence-corrected chi connectivity index (χ3v) is 8.79. The Morgan fingerprint density at radius 1 is 0.970 bits per heavy atom. The van der Waals surface area contributed by atoms with E-state index in [0.29, 0.717) is 19.4 Å². The summed E-state index contributed by atoms with van der Waals surface area (Å²) >= 11 is 0. The Labute approximate surface area is 198 Å². The second-order valence-electron chi connectivity index (χ2n) is 9.53. The topological polar surface area (TPSA) is 69.7 Å². The lowest BCUT2D eigenvalue weighted by Gasteiger charge is -2.33. The van der Waals surface area contributed by atoms with E-state index < -0.39 is 10.0 Å². The van der Waals surface area contributed by atoms with Gasteiger partial charge in [-0.2, -0.15) is 4.31 Å². The van der Waals surface area contributed by atoms with Crippen molar-refractivity contribution in [1.29, 1.82) is 0 Å². The predicted molar refractivity (Wildman–Crippen MR) is 132 cm³/mol. The van der Waals surface area contributed by atoms with Crippen molar-refractivity contribution in [3.63, 3.8) is 0 Å². The molecule has 7 heteroatoms. The van der Waals surface area contributed by atoms with E-state index >= 15 is 0 Å². The third kappa shape index (κ3) is 5.58. The fourth-order valence-corrected chi connectivity index (χ4v) is 6.47. The van der Waals surface area contributed by atoms with Gasteiger partial charge in [0.2, 0.25) is 15.9 Å². The van der Waals surface area contributed by atoms with Gasteiger partial charge in [-0.25, -0.2) is 8.42 Å². The number of anilines is 1. The van der Waals surface area contributed by atoms with Crippen LogP contribution in [0.1, 0.15) is 51.1 Å². The van der Waals surface area contributed by atoms with Crippen molar-refractivity contribution in [2.75, 3.05) is 31.1 Å². The monoisotopic (exact) mass is 469 g/mol. The van der Waals surface area contributed by atoms with Crippen LogP contribution in [0, 0.1) is 11.8 Å². The highest BCUT2D eigenvalue weighted by Crippen LogP contribution is 2.26. The Morgan fingerprint density at radius 3 is 2.36 bits per heavy atom. The van der Waals surface area contributed by atoms with Crippen molar-refractivity contribution in [3.8, 4) is 0 Å². The molecule has 0 aliphatic carbocycles. The lowest BCUT2D eigenvalue weighted by molar-refractivity contribution is -0.126. The molecule has 1 amide bonds. The van der Waals surface area contributed by atoms with Gasteiger partial charge in [-0.1, -0.05) is 37.3 Å². The average Bonchev–Trinajstić information content (AvgIpc) is 2.84. The summed E-state index contributed by atoms with van der Waals surface area (Å²) < 4.78 is 27.4. The van der Waals surface area contributed by atoms with Crippen LogP contribution in [0.15, 0.2) is 59.5 Å². The first-order chi connectivity index (χ1) is 15.8. The lowest BCUT2D eigenvalue weighted by Crippen LogP contribution is -2.45. The van der Waals surface area contributed by atoms with Gasteiger partial charge in [0, 0.05) is 31.9 Å². The smallest absolute Gasteiger partial charge is 0.243 e. The number of nitrogens with one attached hydrogen (secondary N) is 1. The van der Waals surface area contributed by atoms with E-state index in [9.17, 15) is 13.2 Å². The summed E-state index contributed by atoms with van der Waals surface area (Å²) in [5.41, 5.74) is 2.29. The summed E-state index contributed by atoms with van der Waals surface area (Å²) in [5.74, 6) is 0.301. The van der Waals surface area contributed by atoms with Crippen LogP contribution in [-0.4, -0.2) is 44.8 Å². The maximum absolute atomic E-state index is 13.0. The van der Waals surface area contributed by atoms with Crippen LogP contribution < -0.4 is 10.2 Å². The van der Waals surface area contributed by atoms with Crippen LogP contribution in [0.4, 0.5) is 5.69 Å². The zero-order valence-corrected chi connectivity index (χ0v) is 20.4. The van der Waals surface area contributed by atoms with Gasteiger partial charge in [0.05, 0.1) is 16.9 Å². The van der Waals surface area contributed by atoms with Crippen LogP contribution in [0.3, 0.4) is 0 Å². The number of sulfonamides is 1. The number of amides is 1. The highest BCUT2D eigenvalue weighted by atomic mass is 32.2. The van der Waals surface area contributed by atoms with Gasteiger partial charge >= 0.3 is 0 Å². The Balaban J connectivity index is 1.36. The van der Waals surface area contributed by atoms with E-state index in [1.54, 1.807) is 30.3 Å². The van der Waals surface area contributed by atoms with E-state index in [1.165, 1.54) is 22.8 Å². The predicted octanol–water partition coefficient (Wildman–Crippen LogP) is 4.20. The van der Waals surface area contributed by atoms with Gasteiger partial charge in [-0.05, 0) is 68.4 Å². The first kappa shape index (κ1) is 23.8. The maximum Gasteiger partial charge on any atom is 0.243 e. The van der Waals surface area contributed by atoms with E-state index in [0.717, 1.165) is 24.6 Å². The summed E-state index contributed by atoms with van der Waals surface area (Å²) in [7, 11) is -3.58. The summed E-state index contributed by atoms with van der Waals surface area (Å²) in [5, 5.41) is 3.11. The molecule has 0 radical (unpaired) electrons. The van der Waals surface area contributed by atoms with Gasteiger partial charge in [0.15, 0.2) is 0 Å². The van der Waals surface area contributed by atoms with Crippen molar-refractivity contribution < 1.29 is 13.2 Å². The van der Waals surface area contributed by atoms with Crippen LogP contribution >= 0.6 is 0 Å². The molecule has 6 nitrogen and oxygen atoms in total. The first-order valence-corrected chi connectivity index (χ1v) is 13.5. The van der Waals surface area contributed by atoms with Gasteiger partial charge in [-0.15, -0.1) is 0 Å². The van der Waals surface area contributed by atoms with Crippen molar-refractivity contribution in [1.82, 2.24) is 9.62 Å². The number of nitrogens with zero attached hydrogens (tertiary/aromatic N) is 2. The van der Waals surface area contributed by atoms with E-state index in [-0.39, 0.29) is 29.3 Å². The molecule has 0 bridgehead atoms. The van der Waals surface area contributed by atoms with Gasteiger partial charge < -0.3 is 10.2 Å². The van der Waals surface area contributed by atoms with Crippen LogP contribution in [0.5, 0.6) is 0 Å². The number of carbonyl (C=O) groups is 1. The molecule has 178 valence electrons. The molecule has 1 N–H and O–H groups in total. The standard InChI is InChI=1S/C26H35N3O3S/c1-20-8-6-16-28(18-20)24-14-12-22(13-15-24)21(2)27-26(30)23-9-7-17-29(19-23)33(31,32)25-10-4-3-5-11-25/h3-5,10-15,20-21,23H,6-9,16-19H2,1-2H3,(H,27,30)/t20-,21+,23+/m1/s1. The van der Waals surface area contributed by atoms with Crippen molar-refractivity contribution in [2.24, 2.45) is 11.8 Å². The number of piperidine rings is 2. The second kappa shape index (κ2) is 10.3. The molecule has 0 aromatic heterocycles. The van der Waals surface area contributed by atoms with E-state index in [4.69, 9.17) is 0 Å². The Hall–Kier alpha value is -2.38. The number of carbonyl (C=O) groups excluding carboxylic acids is 1. The molecule has 2 heterocycles. The molecule has 33 heavy (non-hydrogen) atoms. The highest BCUT2D eigenvalue weighted by Gasteiger charge is 2.33. The largest absolute Gasteiger partial charge is 0.371 e. The fraction of sp³-hybridized carbons (Fsp3) is 0.500. The van der Waals surface area contributed by atoms with Crippen LogP contribution in [0.2, 0.25) is 0 Å². The normalized spacial score (nSPS) is 23.2. The van der Waals surface area contributed by atoms with Crippen molar-refractivity contribution in [2.45, 2.75) is 50.5 Å². The zero-order valence-electron chi connectivity index (χ0n) is 19.6. The summed E-state index contributed by atoms with van der Waals surface area (Å²) in [6.07, 6.45) is 3.91. The second-order valence-corrected chi connectivity index (χ2v) is 11.5. The zero-order chi connectivity index (χ0) is 23.4. The Morgan fingerprint density at radius 2 is 1.67 bits per heavy atom. The van der Waals surface area contributed by atoms with Crippen molar-refractivity contribution in [3.05, 3.63) is 60.2 Å². The number of benzene rings is 2. The van der Waals surface area contributed by atoms with E-state index in [1.807, 2.05) is 6.92 Å². The molecule has 0 spiro atoms. The third-order valence-electron chi connectivity index (χ3n) is 6.91. The Kier molecular flexibility index (Phi) is 7.39. The maximum atomic E-state index is 13.0. The molecular formula is C26H35N3O3S. The minimum atomic E-state index is -3.58. The molecule has 4 rings (SSSR count). The number of rotatable bonds is 6. The minimum absolute atomic E-state index is 0.0793. The molecule has 2 aromatic carbocycles. The molecule has 2 fully saturated rings. The molecule has 2 aromatic rings. The minimum Gasteiger partial charge on any atom is -0.371 e. The van der Waals surface area contributed by atoms with Crippen molar-refractivity contribution >= 4 is 21.6 Å². The molecule has 2 aliphatic heterocycles. The molecule has 2 saturated heterocycles. The molecular weight excluding hydrogens is 434 g/mol. The molecule has 0 saturated carbocycles. The van der Waals surface area contributed by atoms with Gasteiger partial charge in [0.1, 0.15) is 0 Å². The molecule has 3 atom stereocenters. The first-order valence-electron chi connectivity index (χ1n) is 12.0. The van der Waals surface area contributed by atoms with Crippen LogP contribution in [0.25, 0.3) is 0 Å². The SMILES string of the molecule is C[C@@H]1CCCN(c2ccc([C@H](C)NC(=O)[C@H]3CCCN(S(=O)(=O)c4ccccc4)C3)cc2)C1. The molecule has 0 unspecified atom stereocenters. The van der Waals surface area contributed by atoms with Gasteiger partial charge in [0.25, 0.3) is 0 Å². The number of hydrogen-bond donors (Lipinski definition) is 1. The Bertz CT molecular complexity index is 1040.